The fourth-order valence-electron chi connectivity index (χ4n) is 6.10. The van der Waals surface area contributed by atoms with E-state index in [-0.39, 0.29) is 18.0 Å². The van der Waals surface area contributed by atoms with Crippen molar-refractivity contribution in [2.45, 2.75) is 95.4 Å². The molecule has 142 valence electrons. The highest BCUT2D eigenvalue weighted by atomic mass is 16.5. The van der Waals surface area contributed by atoms with Gasteiger partial charge in [0, 0.05) is 12.8 Å². The fourth-order valence-corrected chi connectivity index (χ4v) is 6.10. The molecule has 2 bridgehead atoms. The number of quaternary nitrogens is 1. The minimum absolute atomic E-state index is 0.0501. The highest BCUT2D eigenvalue weighted by Gasteiger charge is 2.51. The summed E-state index contributed by atoms with van der Waals surface area (Å²) in [6.45, 7) is 4.63. The summed E-state index contributed by atoms with van der Waals surface area (Å²) in [6.07, 6.45) is 9.52. The van der Waals surface area contributed by atoms with E-state index in [0.717, 1.165) is 25.7 Å². The maximum absolute atomic E-state index is 13.2. The van der Waals surface area contributed by atoms with Crippen LogP contribution in [0.25, 0.3) is 0 Å². The molecular formula is C23H34NO2+. The molecule has 6 atom stereocenters. The van der Waals surface area contributed by atoms with Gasteiger partial charge in [-0.3, -0.25) is 4.79 Å². The van der Waals surface area contributed by atoms with Gasteiger partial charge in [0.05, 0.1) is 18.0 Å². The Kier molecular flexibility index (Phi) is 5.35. The molecular weight excluding hydrogens is 322 g/mol. The molecule has 3 unspecified atom stereocenters. The van der Waals surface area contributed by atoms with Gasteiger partial charge < -0.3 is 9.64 Å². The molecule has 1 N–H and O–H groups in total. The SMILES string of the molecule is CC(C)[NH+]1[C@H]2CCC[C@@H]1[C@H](OC(=O)C1CCCCC1c1ccccc1)C2. The number of carbonyl (C=O) groups is 1. The van der Waals surface area contributed by atoms with Crippen LogP contribution in [0, 0.1) is 5.92 Å². The summed E-state index contributed by atoms with van der Waals surface area (Å²) in [5, 5.41) is 0. The van der Waals surface area contributed by atoms with Crippen LogP contribution in [0.5, 0.6) is 0 Å². The van der Waals surface area contributed by atoms with E-state index in [0.29, 0.717) is 24.0 Å². The zero-order chi connectivity index (χ0) is 18.1. The van der Waals surface area contributed by atoms with Gasteiger partial charge in [0.25, 0.3) is 0 Å². The van der Waals surface area contributed by atoms with E-state index in [2.05, 4.69) is 44.2 Å². The van der Waals surface area contributed by atoms with Crippen molar-refractivity contribution in [2.24, 2.45) is 5.92 Å². The van der Waals surface area contributed by atoms with Gasteiger partial charge in [-0.05, 0) is 51.0 Å². The molecule has 3 fully saturated rings. The molecule has 1 aromatic carbocycles. The van der Waals surface area contributed by atoms with Gasteiger partial charge in [-0.25, -0.2) is 0 Å². The molecule has 0 amide bonds. The lowest BCUT2D eigenvalue weighted by Gasteiger charge is -2.35. The molecule has 0 radical (unpaired) electrons. The number of fused-ring (bicyclic) bond motifs is 2. The van der Waals surface area contributed by atoms with Crippen LogP contribution >= 0.6 is 0 Å². The van der Waals surface area contributed by atoms with Crippen molar-refractivity contribution in [3.8, 4) is 0 Å². The number of rotatable bonds is 4. The summed E-state index contributed by atoms with van der Waals surface area (Å²) in [4.78, 5) is 14.9. The van der Waals surface area contributed by atoms with Crippen LogP contribution < -0.4 is 4.90 Å². The van der Waals surface area contributed by atoms with E-state index >= 15 is 0 Å². The summed E-state index contributed by atoms with van der Waals surface area (Å²) in [5.41, 5.74) is 1.31. The van der Waals surface area contributed by atoms with Crippen molar-refractivity contribution in [3.63, 3.8) is 0 Å². The molecule has 3 nitrogen and oxygen atoms in total. The minimum Gasteiger partial charge on any atom is -0.456 e. The maximum atomic E-state index is 13.2. The largest absolute Gasteiger partial charge is 0.456 e. The third-order valence-electron chi connectivity index (χ3n) is 7.16. The lowest BCUT2D eigenvalue weighted by Crippen LogP contribution is -3.20. The summed E-state index contributed by atoms with van der Waals surface area (Å²) >= 11 is 0. The summed E-state index contributed by atoms with van der Waals surface area (Å²) < 4.78 is 6.24. The van der Waals surface area contributed by atoms with Gasteiger partial charge in [0.1, 0.15) is 6.04 Å². The zero-order valence-corrected chi connectivity index (χ0v) is 16.3. The number of hydrogen-bond acceptors (Lipinski definition) is 2. The van der Waals surface area contributed by atoms with E-state index in [4.69, 9.17) is 4.74 Å². The Morgan fingerprint density at radius 1 is 1.04 bits per heavy atom. The first kappa shape index (κ1) is 18.0. The Bertz CT molecular complexity index is 614. The predicted octanol–water partition coefficient (Wildman–Crippen LogP) is 3.49. The molecule has 0 spiro atoms. The predicted molar refractivity (Wildman–Crippen MR) is 103 cm³/mol. The van der Waals surface area contributed by atoms with Crippen LogP contribution in [0.3, 0.4) is 0 Å². The first-order valence-corrected chi connectivity index (χ1v) is 10.8. The minimum atomic E-state index is 0.0501. The second-order valence-electron chi connectivity index (χ2n) is 9.01. The Morgan fingerprint density at radius 3 is 2.54 bits per heavy atom. The van der Waals surface area contributed by atoms with Crippen molar-refractivity contribution < 1.29 is 14.4 Å². The standard InChI is InChI=1S/C23H33NO2/c1-16(2)24-18-11-8-14-21(24)22(15-18)26-23(25)20-13-7-6-12-19(20)17-9-4-3-5-10-17/h3-5,9-10,16,18-22H,6-8,11-15H2,1-2H3/p+1/t18-,19?,20?,21+,22+/m0/s1. The van der Waals surface area contributed by atoms with Crippen LogP contribution in [-0.4, -0.2) is 30.2 Å². The van der Waals surface area contributed by atoms with E-state index in [9.17, 15) is 4.79 Å². The van der Waals surface area contributed by atoms with Gasteiger partial charge in [-0.15, -0.1) is 0 Å². The van der Waals surface area contributed by atoms with Crippen molar-refractivity contribution >= 4 is 5.97 Å². The molecule has 0 aromatic heterocycles. The monoisotopic (exact) mass is 356 g/mol. The van der Waals surface area contributed by atoms with E-state index < -0.39 is 0 Å². The molecule has 3 aliphatic rings. The van der Waals surface area contributed by atoms with Gasteiger partial charge in [-0.2, -0.15) is 0 Å². The van der Waals surface area contributed by atoms with E-state index in [1.807, 2.05) is 0 Å². The average molecular weight is 357 g/mol. The normalized spacial score (nSPS) is 36.9. The number of carbonyl (C=O) groups excluding carboxylic acids is 1. The first-order valence-electron chi connectivity index (χ1n) is 10.8. The molecule has 1 aliphatic carbocycles. The van der Waals surface area contributed by atoms with Crippen molar-refractivity contribution in [1.82, 2.24) is 0 Å². The van der Waals surface area contributed by atoms with Gasteiger partial charge in [-0.1, -0.05) is 43.2 Å². The Hall–Kier alpha value is -1.35. The second kappa shape index (κ2) is 7.72. The average Bonchev–Trinajstić information content (AvgIpc) is 2.88. The number of esters is 1. The molecule has 2 aliphatic heterocycles. The van der Waals surface area contributed by atoms with Crippen molar-refractivity contribution in [1.29, 1.82) is 0 Å². The highest BCUT2D eigenvalue weighted by molar-refractivity contribution is 5.74. The Balaban J connectivity index is 1.47. The van der Waals surface area contributed by atoms with Crippen LogP contribution in [0.15, 0.2) is 30.3 Å². The molecule has 3 heteroatoms. The molecule has 2 saturated heterocycles. The number of ether oxygens (including phenoxy) is 1. The summed E-state index contributed by atoms with van der Waals surface area (Å²) in [7, 11) is 0. The smallest absolute Gasteiger partial charge is 0.310 e. The molecule has 26 heavy (non-hydrogen) atoms. The summed E-state index contributed by atoms with van der Waals surface area (Å²) in [6, 6.07) is 12.5. The lowest BCUT2D eigenvalue weighted by atomic mass is 9.75. The Labute approximate surface area is 158 Å². The van der Waals surface area contributed by atoms with Crippen molar-refractivity contribution in [3.05, 3.63) is 35.9 Å². The fraction of sp³-hybridized carbons (Fsp3) is 0.696. The van der Waals surface area contributed by atoms with Gasteiger partial charge in [0.15, 0.2) is 6.10 Å². The lowest BCUT2D eigenvalue weighted by molar-refractivity contribution is -0.962. The van der Waals surface area contributed by atoms with Gasteiger partial charge in [0.2, 0.25) is 0 Å². The number of benzene rings is 1. The maximum Gasteiger partial charge on any atom is 0.310 e. The Morgan fingerprint density at radius 2 is 1.81 bits per heavy atom. The molecule has 2 heterocycles. The van der Waals surface area contributed by atoms with Crippen LogP contribution in [-0.2, 0) is 9.53 Å². The zero-order valence-electron chi connectivity index (χ0n) is 16.3. The first-order chi connectivity index (χ1) is 12.6. The van der Waals surface area contributed by atoms with Crippen LogP contribution in [0.2, 0.25) is 0 Å². The quantitative estimate of drug-likeness (QED) is 0.837. The topological polar surface area (TPSA) is 30.7 Å². The number of hydrogen-bond donors (Lipinski definition) is 1. The molecule has 1 aromatic rings. The second-order valence-corrected chi connectivity index (χ2v) is 9.01. The van der Waals surface area contributed by atoms with E-state index in [1.54, 1.807) is 4.90 Å². The van der Waals surface area contributed by atoms with Crippen LogP contribution in [0.1, 0.15) is 76.7 Å². The third kappa shape index (κ3) is 3.43. The van der Waals surface area contributed by atoms with E-state index in [1.165, 1.54) is 31.2 Å². The molecule has 1 saturated carbocycles. The summed E-state index contributed by atoms with van der Waals surface area (Å²) in [5.74, 6) is 0.472. The highest BCUT2D eigenvalue weighted by Crippen LogP contribution is 2.39. The molecule has 4 rings (SSSR count). The van der Waals surface area contributed by atoms with Crippen LogP contribution in [0.4, 0.5) is 0 Å². The number of piperidine rings is 1. The van der Waals surface area contributed by atoms with Gasteiger partial charge >= 0.3 is 5.97 Å². The number of nitrogens with one attached hydrogen (secondary N) is 1. The third-order valence-corrected chi connectivity index (χ3v) is 7.16. The van der Waals surface area contributed by atoms with Crippen molar-refractivity contribution in [2.75, 3.05) is 0 Å².